The van der Waals surface area contributed by atoms with Crippen molar-refractivity contribution in [3.05, 3.63) is 0 Å². The smallest absolute Gasteiger partial charge is 0.274 e. The maximum Gasteiger partial charge on any atom is 0.274 e. The Morgan fingerprint density at radius 2 is 2.12 bits per heavy atom. The molecule has 0 aliphatic heterocycles. The number of hydrogen-bond donors (Lipinski definition) is 3. The molecule has 0 aromatic heterocycles. The standard InChI is InChI=1S/C2H8N2O3S/c3-8(6,7)4-1-2-5/h4-5H,1-2H2,(H2,3,6,7). The van der Waals surface area contributed by atoms with Crippen LogP contribution in [0.2, 0.25) is 0 Å². The molecular formula is C2H8N2O3S. The minimum Gasteiger partial charge on any atom is -0.395 e. The molecule has 0 atom stereocenters. The average Bonchev–Trinajstić information content (AvgIpc) is 1.59. The first-order valence-corrected chi connectivity index (χ1v) is 3.49. The van der Waals surface area contributed by atoms with Gasteiger partial charge < -0.3 is 5.11 Å². The highest BCUT2D eigenvalue weighted by atomic mass is 32.2. The van der Waals surface area contributed by atoms with Gasteiger partial charge in [-0.3, -0.25) is 0 Å². The third kappa shape index (κ3) is 5.83. The molecule has 0 aliphatic carbocycles. The zero-order chi connectivity index (χ0) is 6.62. The van der Waals surface area contributed by atoms with Crippen molar-refractivity contribution < 1.29 is 13.5 Å². The lowest BCUT2D eigenvalue weighted by atomic mass is 10.8. The van der Waals surface area contributed by atoms with Crippen molar-refractivity contribution in [2.75, 3.05) is 13.2 Å². The van der Waals surface area contributed by atoms with Crippen LogP contribution in [0.15, 0.2) is 0 Å². The van der Waals surface area contributed by atoms with Crippen LogP contribution in [0.3, 0.4) is 0 Å². The van der Waals surface area contributed by atoms with E-state index in [4.69, 9.17) is 5.11 Å². The van der Waals surface area contributed by atoms with Crippen LogP contribution in [0.5, 0.6) is 0 Å². The largest absolute Gasteiger partial charge is 0.395 e. The molecule has 0 radical (unpaired) electrons. The Bertz CT molecular complexity index is 139. The molecule has 0 fully saturated rings. The number of rotatable bonds is 3. The first kappa shape index (κ1) is 7.83. The van der Waals surface area contributed by atoms with E-state index >= 15 is 0 Å². The van der Waals surface area contributed by atoms with E-state index in [1.165, 1.54) is 0 Å². The second-order valence-electron chi connectivity index (χ2n) is 1.16. The number of nitrogens with one attached hydrogen (secondary N) is 1. The second-order valence-corrected chi connectivity index (χ2v) is 2.54. The third-order valence-corrected chi connectivity index (χ3v) is 1.02. The number of aliphatic hydroxyl groups is 1. The number of hydrogen-bond acceptors (Lipinski definition) is 3. The lowest BCUT2D eigenvalue weighted by Gasteiger charge is -1.94. The van der Waals surface area contributed by atoms with Crippen LogP contribution in [0, 0.1) is 0 Å². The van der Waals surface area contributed by atoms with E-state index in [2.05, 4.69) is 5.14 Å². The van der Waals surface area contributed by atoms with Crippen molar-refractivity contribution >= 4 is 10.2 Å². The molecule has 0 aromatic rings. The van der Waals surface area contributed by atoms with Gasteiger partial charge >= 0.3 is 0 Å². The zero-order valence-electron chi connectivity index (χ0n) is 4.16. The monoisotopic (exact) mass is 140 g/mol. The molecule has 0 spiro atoms. The topological polar surface area (TPSA) is 92.4 Å². The van der Waals surface area contributed by atoms with Gasteiger partial charge in [0.05, 0.1) is 6.61 Å². The summed E-state index contributed by atoms with van der Waals surface area (Å²) in [5.74, 6) is 0. The third-order valence-electron chi connectivity index (χ3n) is 0.415. The second kappa shape index (κ2) is 2.98. The van der Waals surface area contributed by atoms with Crippen molar-refractivity contribution in [1.29, 1.82) is 0 Å². The molecule has 0 heterocycles. The average molecular weight is 140 g/mol. The van der Waals surface area contributed by atoms with Crippen LogP contribution < -0.4 is 9.86 Å². The van der Waals surface area contributed by atoms with Crippen LogP contribution in [-0.4, -0.2) is 26.7 Å². The van der Waals surface area contributed by atoms with Crippen LogP contribution in [0.25, 0.3) is 0 Å². The molecule has 5 nitrogen and oxygen atoms in total. The summed E-state index contributed by atoms with van der Waals surface area (Å²) in [5, 5.41) is 12.5. The zero-order valence-corrected chi connectivity index (χ0v) is 4.98. The van der Waals surface area contributed by atoms with Gasteiger partial charge in [0.15, 0.2) is 0 Å². The Morgan fingerprint density at radius 1 is 1.62 bits per heavy atom. The normalized spacial score (nSPS) is 11.8. The lowest BCUT2D eigenvalue weighted by Crippen LogP contribution is -2.32. The van der Waals surface area contributed by atoms with Gasteiger partial charge in [-0.05, 0) is 0 Å². The summed E-state index contributed by atoms with van der Waals surface area (Å²) in [5.41, 5.74) is 0. The minimum atomic E-state index is -3.60. The maximum atomic E-state index is 9.95. The van der Waals surface area contributed by atoms with Crippen LogP contribution in [0.4, 0.5) is 0 Å². The maximum absolute atomic E-state index is 9.95. The molecule has 0 bridgehead atoms. The van der Waals surface area contributed by atoms with Crippen molar-refractivity contribution in [1.82, 2.24) is 4.72 Å². The van der Waals surface area contributed by atoms with E-state index in [-0.39, 0.29) is 13.2 Å². The summed E-state index contributed by atoms with van der Waals surface area (Å²) in [4.78, 5) is 0. The fourth-order valence-electron chi connectivity index (χ4n) is 0.188. The molecule has 0 aliphatic rings. The Labute approximate surface area is 47.7 Å². The van der Waals surface area contributed by atoms with E-state index < -0.39 is 10.2 Å². The van der Waals surface area contributed by atoms with Gasteiger partial charge in [0.25, 0.3) is 10.2 Å². The van der Waals surface area contributed by atoms with Crippen LogP contribution in [-0.2, 0) is 10.2 Å². The summed E-state index contributed by atoms with van der Waals surface area (Å²) < 4.78 is 21.8. The van der Waals surface area contributed by atoms with Crippen molar-refractivity contribution in [2.45, 2.75) is 0 Å². The first-order chi connectivity index (χ1) is 3.56. The molecule has 0 rings (SSSR count). The van der Waals surface area contributed by atoms with Gasteiger partial charge in [0.1, 0.15) is 0 Å². The highest BCUT2D eigenvalue weighted by molar-refractivity contribution is 7.87. The SMILES string of the molecule is NS(=O)(=O)NCCO. The first-order valence-electron chi connectivity index (χ1n) is 1.94. The Morgan fingerprint density at radius 3 is 2.25 bits per heavy atom. The lowest BCUT2D eigenvalue weighted by molar-refractivity contribution is 0.301. The van der Waals surface area contributed by atoms with Gasteiger partial charge in [-0.1, -0.05) is 0 Å². The summed E-state index contributed by atoms with van der Waals surface area (Å²) in [6.45, 7) is -0.269. The van der Waals surface area contributed by atoms with E-state index in [0.29, 0.717) is 0 Å². The van der Waals surface area contributed by atoms with Gasteiger partial charge in [0, 0.05) is 6.54 Å². The van der Waals surface area contributed by atoms with Crippen molar-refractivity contribution in [3.8, 4) is 0 Å². The summed E-state index contributed by atoms with van der Waals surface area (Å²) in [7, 11) is -3.60. The molecule has 4 N–H and O–H groups in total. The summed E-state index contributed by atoms with van der Waals surface area (Å²) in [6.07, 6.45) is 0. The predicted octanol–water partition coefficient (Wildman–Crippen LogP) is -2.23. The fourth-order valence-corrected chi connectivity index (χ4v) is 0.564. The highest BCUT2D eigenvalue weighted by Gasteiger charge is 1.95. The molecule has 0 amide bonds. The molecule has 0 unspecified atom stereocenters. The van der Waals surface area contributed by atoms with Crippen molar-refractivity contribution in [3.63, 3.8) is 0 Å². The van der Waals surface area contributed by atoms with Crippen molar-refractivity contribution in [2.24, 2.45) is 5.14 Å². The number of aliphatic hydroxyl groups excluding tert-OH is 1. The van der Waals surface area contributed by atoms with Gasteiger partial charge in [-0.15, -0.1) is 0 Å². The molecule has 6 heteroatoms. The van der Waals surface area contributed by atoms with E-state index in [1.54, 1.807) is 0 Å². The van der Waals surface area contributed by atoms with E-state index in [1.807, 2.05) is 4.72 Å². The van der Waals surface area contributed by atoms with Gasteiger partial charge in [-0.2, -0.15) is 8.42 Å². The molecule has 50 valence electrons. The molecular weight excluding hydrogens is 132 g/mol. The van der Waals surface area contributed by atoms with E-state index in [9.17, 15) is 8.42 Å². The molecule has 0 aromatic carbocycles. The van der Waals surface area contributed by atoms with Crippen LogP contribution >= 0.6 is 0 Å². The quantitative estimate of drug-likeness (QED) is 0.414. The predicted molar refractivity (Wildman–Crippen MR) is 28.2 cm³/mol. The minimum absolute atomic E-state index is 0.0289. The van der Waals surface area contributed by atoms with Crippen LogP contribution in [0.1, 0.15) is 0 Å². The fraction of sp³-hybridized carbons (Fsp3) is 1.00. The van der Waals surface area contributed by atoms with Gasteiger partial charge in [0.2, 0.25) is 0 Å². The van der Waals surface area contributed by atoms with Gasteiger partial charge in [-0.25, -0.2) is 9.86 Å². The molecule has 8 heavy (non-hydrogen) atoms. The Kier molecular flexibility index (Phi) is 2.91. The molecule has 0 saturated heterocycles. The Balaban J connectivity index is 3.42. The Hall–Kier alpha value is -0.170. The van der Waals surface area contributed by atoms with E-state index in [0.717, 1.165) is 0 Å². The summed E-state index contributed by atoms with van der Waals surface area (Å²) in [6, 6.07) is 0. The number of nitrogens with two attached hydrogens (primary N) is 1. The highest BCUT2D eigenvalue weighted by Crippen LogP contribution is 1.62. The molecule has 0 saturated carbocycles. The summed E-state index contributed by atoms with van der Waals surface area (Å²) >= 11 is 0.